The second-order valence-electron chi connectivity index (χ2n) is 7.51. The first-order chi connectivity index (χ1) is 9.83. The van der Waals surface area contributed by atoms with E-state index in [9.17, 15) is 5.21 Å². The molecule has 4 nitrogen and oxygen atoms in total. The van der Waals surface area contributed by atoms with Gasteiger partial charge in [-0.2, -0.15) is 5.06 Å². The fraction of sp³-hybridized carbons (Fsp3) is 1.00. The first-order valence-electron chi connectivity index (χ1n) is 8.64. The van der Waals surface area contributed by atoms with Crippen LogP contribution in [-0.2, 0) is 9.47 Å². The van der Waals surface area contributed by atoms with Crippen LogP contribution < -0.4 is 0 Å². The lowest BCUT2D eigenvalue weighted by molar-refractivity contribution is -0.326. The van der Waals surface area contributed by atoms with Gasteiger partial charge in [-0.1, -0.05) is 33.6 Å². The van der Waals surface area contributed by atoms with Gasteiger partial charge in [-0.25, -0.2) is 0 Å². The molecular weight excluding hydrogens is 266 g/mol. The number of rotatable bonds is 5. The van der Waals surface area contributed by atoms with Crippen molar-refractivity contribution in [3.8, 4) is 0 Å². The Kier molecular flexibility index (Phi) is 5.04. The van der Waals surface area contributed by atoms with Crippen molar-refractivity contribution in [1.29, 1.82) is 0 Å². The monoisotopic (exact) mass is 299 g/mol. The molecular formula is C17H33NO3. The van der Waals surface area contributed by atoms with Gasteiger partial charge in [0.05, 0.1) is 18.2 Å². The van der Waals surface area contributed by atoms with Gasteiger partial charge < -0.3 is 14.7 Å². The third kappa shape index (κ3) is 3.14. The molecule has 0 aromatic carbocycles. The Balaban J connectivity index is 2.18. The van der Waals surface area contributed by atoms with Crippen LogP contribution >= 0.6 is 0 Å². The third-order valence-electron chi connectivity index (χ3n) is 5.43. The molecule has 4 heteroatoms. The molecule has 0 bridgehead atoms. The summed E-state index contributed by atoms with van der Waals surface area (Å²) in [6.07, 6.45) is 6.96. The van der Waals surface area contributed by atoms with Crippen molar-refractivity contribution in [1.82, 2.24) is 5.06 Å². The van der Waals surface area contributed by atoms with Crippen LogP contribution in [0.1, 0.15) is 79.6 Å². The van der Waals surface area contributed by atoms with Crippen molar-refractivity contribution in [3.63, 3.8) is 0 Å². The fourth-order valence-corrected chi connectivity index (χ4v) is 4.19. The predicted octanol–water partition coefficient (Wildman–Crippen LogP) is 4.11. The average molecular weight is 299 g/mol. The van der Waals surface area contributed by atoms with Crippen molar-refractivity contribution >= 4 is 0 Å². The summed E-state index contributed by atoms with van der Waals surface area (Å²) in [7, 11) is 0. The van der Waals surface area contributed by atoms with Gasteiger partial charge in [0, 0.05) is 18.4 Å². The van der Waals surface area contributed by atoms with E-state index >= 15 is 0 Å². The van der Waals surface area contributed by atoms with Crippen LogP contribution in [0.15, 0.2) is 0 Å². The maximum absolute atomic E-state index is 10.7. The molecule has 1 spiro atoms. The molecule has 0 amide bonds. The molecule has 0 aromatic heterocycles. The van der Waals surface area contributed by atoms with Crippen LogP contribution in [0.25, 0.3) is 0 Å². The number of nitrogens with zero attached hydrogens (tertiary/aromatic N) is 1. The van der Waals surface area contributed by atoms with Crippen LogP contribution in [0.3, 0.4) is 0 Å². The average Bonchev–Trinajstić information content (AvgIpc) is 2.83. The second kappa shape index (κ2) is 6.15. The molecule has 0 radical (unpaired) electrons. The minimum absolute atomic E-state index is 0.220. The Labute approximate surface area is 129 Å². The lowest BCUT2D eigenvalue weighted by Gasteiger charge is -2.56. The van der Waals surface area contributed by atoms with Gasteiger partial charge in [-0.3, -0.25) is 0 Å². The van der Waals surface area contributed by atoms with Gasteiger partial charge in [0.2, 0.25) is 0 Å². The van der Waals surface area contributed by atoms with Crippen LogP contribution in [0.5, 0.6) is 0 Å². The molecule has 21 heavy (non-hydrogen) atoms. The first-order valence-corrected chi connectivity index (χ1v) is 8.64. The van der Waals surface area contributed by atoms with Crippen LogP contribution in [0.2, 0.25) is 0 Å². The molecule has 124 valence electrons. The summed E-state index contributed by atoms with van der Waals surface area (Å²) in [5.74, 6) is -0.507. The van der Waals surface area contributed by atoms with Crippen LogP contribution in [-0.4, -0.2) is 39.8 Å². The summed E-state index contributed by atoms with van der Waals surface area (Å²) in [6, 6.07) is 0. The molecule has 2 aliphatic heterocycles. The van der Waals surface area contributed by atoms with Gasteiger partial charge in [0.1, 0.15) is 0 Å². The summed E-state index contributed by atoms with van der Waals surface area (Å²) in [5.41, 5.74) is -0.578. The molecule has 0 aromatic rings. The quantitative estimate of drug-likeness (QED) is 0.829. The highest BCUT2D eigenvalue weighted by Gasteiger charge is 2.58. The largest absolute Gasteiger partial charge is 0.347 e. The van der Waals surface area contributed by atoms with Crippen molar-refractivity contribution in [3.05, 3.63) is 0 Å². The highest BCUT2D eigenvalue weighted by atomic mass is 16.7. The Morgan fingerprint density at radius 1 is 1.14 bits per heavy atom. The zero-order valence-electron chi connectivity index (χ0n) is 14.4. The summed E-state index contributed by atoms with van der Waals surface area (Å²) in [6.45, 7) is 11.4. The normalized spacial score (nSPS) is 35.4. The topological polar surface area (TPSA) is 41.9 Å². The zero-order valence-corrected chi connectivity index (χ0v) is 14.4. The maximum atomic E-state index is 10.7. The first kappa shape index (κ1) is 17.2. The van der Waals surface area contributed by atoms with Crippen molar-refractivity contribution < 1.29 is 14.7 Å². The number of hydroxylamine groups is 2. The number of ether oxygens (including phenoxy) is 2. The molecule has 2 saturated heterocycles. The van der Waals surface area contributed by atoms with Crippen molar-refractivity contribution in [2.45, 2.75) is 103 Å². The Morgan fingerprint density at radius 2 is 1.81 bits per heavy atom. The molecule has 2 unspecified atom stereocenters. The lowest BCUT2D eigenvalue weighted by Crippen LogP contribution is -2.66. The zero-order chi connectivity index (χ0) is 15.7. The lowest BCUT2D eigenvalue weighted by atomic mass is 9.73. The molecule has 0 saturated carbocycles. The van der Waals surface area contributed by atoms with Gasteiger partial charge in [-0.05, 0) is 33.1 Å². The van der Waals surface area contributed by atoms with E-state index in [1.165, 1.54) is 12.8 Å². The molecule has 2 fully saturated rings. The molecule has 1 N–H and O–H groups in total. The van der Waals surface area contributed by atoms with E-state index in [4.69, 9.17) is 9.47 Å². The van der Waals surface area contributed by atoms with Gasteiger partial charge >= 0.3 is 0 Å². The van der Waals surface area contributed by atoms with Crippen LogP contribution in [0, 0.1) is 0 Å². The Morgan fingerprint density at radius 3 is 2.38 bits per heavy atom. The number of hydrogen-bond donors (Lipinski definition) is 1. The second-order valence-corrected chi connectivity index (χ2v) is 7.51. The number of unbranched alkanes of at least 4 members (excludes halogenated alkanes) is 1. The predicted molar refractivity (Wildman–Crippen MR) is 83.3 cm³/mol. The third-order valence-corrected chi connectivity index (χ3v) is 5.43. The van der Waals surface area contributed by atoms with Crippen molar-refractivity contribution in [2.24, 2.45) is 0 Å². The minimum Gasteiger partial charge on any atom is -0.347 e. The summed E-state index contributed by atoms with van der Waals surface area (Å²) in [4.78, 5) is 0. The summed E-state index contributed by atoms with van der Waals surface area (Å²) >= 11 is 0. The number of hydrogen-bond acceptors (Lipinski definition) is 4. The van der Waals surface area contributed by atoms with E-state index in [1.807, 2.05) is 0 Å². The van der Waals surface area contributed by atoms with Gasteiger partial charge in [0.25, 0.3) is 0 Å². The standard InChI is InChI=1S/C17H33NO3/c1-6-9-10-14-11-20-17(21-14)12-15(4,5)18(19)16(7-2,8-3)13-17/h14,19H,6-13H2,1-5H3. The van der Waals surface area contributed by atoms with Gasteiger partial charge in [-0.15, -0.1) is 0 Å². The fourth-order valence-electron chi connectivity index (χ4n) is 4.19. The van der Waals surface area contributed by atoms with Crippen molar-refractivity contribution in [2.75, 3.05) is 6.61 Å². The van der Waals surface area contributed by atoms with E-state index in [0.717, 1.165) is 32.1 Å². The van der Waals surface area contributed by atoms with Crippen LogP contribution in [0.4, 0.5) is 0 Å². The Bertz CT molecular complexity index is 354. The van der Waals surface area contributed by atoms with E-state index in [0.29, 0.717) is 6.61 Å². The number of piperidine rings is 1. The molecule has 2 rings (SSSR count). The van der Waals surface area contributed by atoms with E-state index in [-0.39, 0.29) is 17.2 Å². The molecule has 2 aliphatic rings. The maximum Gasteiger partial charge on any atom is 0.172 e. The highest BCUT2D eigenvalue weighted by Crippen LogP contribution is 2.50. The molecule has 0 aliphatic carbocycles. The summed E-state index contributed by atoms with van der Waals surface area (Å²) in [5, 5.41) is 12.3. The van der Waals surface area contributed by atoms with Gasteiger partial charge in [0.15, 0.2) is 5.79 Å². The van der Waals surface area contributed by atoms with E-state index < -0.39 is 5.79 Å². The smallest absolute Gasteiger partial charge is 0.172 e. The molecule has 2 heterocycles. The Hall–Kier alpha value is -0.160. The minimum atomic E-state index is -0.507. The summed E-state index contributed by atoms with van der Waals surface area (Å²) < 4.78 is 12.5. The SMILES string of the molecule is CCCCC1COC2(CC(C)(C)N(O)C(CC)(CC)C2)O1. The van der Waals surface area contributed by atoms with E-state index in [2.05, 4.69) is 34.6 Å². The van der Waals surface area contributed by atoms with E-state index in [1.54, 1.807) is 5.06 Å². The highest BCUT2D eigenvalue weighted by molar-refractivity contribution is 5.05. The molecule has 2 atom stereocenters.